The van der Waals surface area contributed by atoms with Crippen LogP contribution in [0, 0.1) is 23.0 Å². The molecule has 7 rings (SSSR count). The number of fused-ring (bicyclic) bond motifs is 3. The summed E-state index contributed by atoms with van der Waals surface area (Å²) < 4.78 is 52.7. The fraction of sp³-hybridized carbons (Fsp3) is 0.361. The van der Waals surface area contributed by atoms with Gasteiger partial charge < -0.3 is 20.3 Å². The van der Waals surface area contributed by atoms with Crippen molar-refractivity contribution in [3.05, 3.63) is 64.9 Å². The molecule has 2 aromatic carbocycles. The van der Waals surface area contributed by atoms with Crippen molar-refractivity contribution in [1.82, 2.24) is 19.9 Å². The van der Waals surface area contributed by atoms with Gasteiger partial charge in [-0.1, -0.05) is 17.7 Å². The average molecular weight is 735 g/mol. The Morgan fingerprint density at radius 2 is 2.10 bits per heavy atom. The number of nitrogens with zero attached hydrogens (tertiary/aromatic N) is 7. The number of nitrogen functional groups attached to an aromatic ring is 1. The topological polar surface area (TPSA) is 124 Å². The van der Waals surface area contributed by atoms with Crippen LogP contribution in [-0.4, -0.2) is 77.8 Å². The lowest BCUT2D eigenvalue weighted by Gasteiger charge is -2.31. The number of halogens is 4. The highest BCUT2D eigenvalue weighted by Gasteiger charge is 2.49. The van der Waals surface area contributed by atoms with E-state index >= 15 is 4.39 Å². The second kappa shape index (κ2) is 13.8. The van der Waals surface area contributed by atoms with Crippen molar-refractivity contribution < 1.29 is 22.7 Å². The van der Waals surface area contributed by atoms with Gasteiger partial charge in [-0.15, -0.1) is 11.3 Å². The molecule has 51 heavy (non-hydrogen) atoms. The third-order valence-corrected chi connectivity index (χ3v) is 11.3. The van der Waals surface area contributed by atoms with Crippen LogP contribution in [0.15, 0.2) is 42.7 Å². The SMILES string of the molecule is CN(CCCC(=O)N(C)c1cccnc1)c1nc(OC[C@@]23CCCN2C[C@H](F)C3)nc2c(F)c(-c3ccc(F)c4sc(N)c(C#N)c34)c(Cl)cc12. The first-order valence-electron chi connectivity index (χ1n) is 16.5. The number of hydrogen-bond acceptors (Lipinski definition) is 10. The molecule has 2 fully saturated rings. The van der Waals surface area contributed by atoms with Gasteiger partial charge in [-0.25, -0.2) is 13.2 Å². The first-order chi connectivity index (χ1) is 24.5. The molecule has 0 spiro atoms. The fourth-order valence-electron chi connectivity index (χ4n) is 7.36. The minimum atomic E-state index is -0.966. The number of anilines is 3. The Labute approximate surface area is 301 Å². The molecule has 2 aliphatic heterocycles. The Morgan fingerprint density at radius 1 is 1.27 bits per heavy atom. The van der Waals surface area contributed by atoms with Crippen LogP contribution in [0.5, 0.6) is 6.01 Å². The number of thiophene rings is 1. The van der Waals surface area contributed by atoms with Crippen molar-refractivity contribution in [2.45, 2.75) is 43.8 Å². The lowest BCUT2D eigenvalue weighted by atomic mass is 9.95. The fourth-order valence-corrected chi connectivity index (χ4v) is 8.60. The Hall–Kier alpha value is -4.71. The van der Waals surface area contributed by atoms with E-state index in [1.807, 2.05) is 6.07 Å². The number of rotatable bonds is 10. The number of nitrogens with two attached hydrogens (primary N) is 1. The molecule has 3 aromatic heterocycles. The molecule has 0 unspecified atom stereocenters. The maximum atomic E-state index is 17.0. The summed E-state index contributed by atoms with van der Waals surface area (Å²) in [6, 6.07) is 9.55. The molecule has 0 radical (unpaired) electrons. The number of carbonyl (C=O) groups is 1. The Balaban J connectivity index is 1.27. The van der Waals surface area contributed by atoms with Crippen molar-refractivity contribution >= 4 is 66.3 Å². The number of hydrogen-bond donors (Lipinski definition) is 1. The monoisotopic (exact) mass is 734 g/mol. The van der Waals surface area contributed by atoms with E-state index in [0.717, 1.165) is 30.7 Å². The molecular weight excluding hydrogens is 701 g/mol. The molecule has 264 valence electrons. The number of benzene rings is 2. The van der Waals surface area contributed by atoms with Crippen LogP contribution >= 0.6 is 22.9 Å². The van der Waals surface area contributed by atoms with Crippen molar-refractivity contribution in [3.8, 4) is 23.2 Å². The Kier molecular flexibility index (Phi) is 9.38. The standard InChI is InChI=1S/C36H34ClF3N8O2S/c1-46(12-4-7-27(49)47(2)21-6-3-11-43-17-21)34-23-14-25(37)29(22-8-9-26(39)32-28(22)24(16-41)33(42)51-32)30(40)31(23)44-35(45-34)50-19-36-10-5-13-48(36)18-20(38)15-36/h3,6,8-9,11,14,17,20H,4-5,7,10,12-13,15,18-19,42H2,1-2H3/t20-,36+/m1/s1. The number of alkyl halides is 1. The molecule has 2 atom stereocenters. The van der Waals surface area contributed by atoms with Gasteiger partial charge in [0.1, 0.15) is 41.0 Å². The largest absolute Gasteiger partial charge is 0.461 e. The van der Waals surface area contributed by atoms with Gasteiger partial charge in [0.05, 0.1) is 32.7 Å². The predicted octanol–water partition coefficient (Wildman–Crippen LogP) is 7.13. The molecular formula is C36H34ClF3N8O2S. The normalized spacial score (nSPS) is 18.6. The molecule has 2 aliphatic rings. The van der Waals surface area contributed by atoms with Crippen molar-refractivity contribution in [1.29, 1.82) is 5.26 Å². The molecule has 5 heterocycles. The number of amides is 1. The highest BCUT2D eigenvalue weighted by atomic mass is 35.5. The van der Waals surface area contributed by atoms with Crippen LogP contribution in [-0.2, 0) is 4.79 Å². The summed E-state index contributed by atoms with van der Waals surface area (Å²) in [7, 11) is 3.45. The zero-order valence-electron chi connectivity index (χ0n) is 27.9. The van der Waals surface area contributed by atoms with E-state index in [1.165, 1.54) is 23.1 Å². The summed E-state index contributed by atoms with van der Waals surface area (Å²) in [5.41, 5.74) is 6.26. The van der Waals surface area contributed by atoms with Gasteiger partial charge in [-0.3, -0.25) is 14.7 Å². The summed E-state index contributed by atoms with van der Waals surface area (Å²) in [6.07, 6.45) is 4.94. The van der Waals surface area contributed by atoms with E-state index in [1.54, 1.807) is 43.5 Å². The first-order valence-corrected chi connectivity index (χ1v) is 17.7. The number of ether oxygens (including phenoxy) is 1. The van der Waals surface area contributed by atoms with Crippen LogP contribution in [0.25, 0.3) is 32.1 Å². The molecule has 0 aliphatic carbocycles. The third-order valence-electron chi connectivity index (χ3n) is 9.93. The first kappa shape index (κ1) is 34.7. The lowest BCUT2D eigenvalue weighted by Crippen LogP contribution is -2.43. The van der Waals surface area contributed by atoms with Gasteiger partial charge in [0, 0.05) is 62.6 Å². The van der Waals surface area contributed by atoms with Crippen molar-refractivity contribution in [3.63, 3.8) is 0 Å². The van der Waals surface area contributed by atoms with Crippen LogP contribution in [0.1, 0.15) is 37.7 Å². The minimum absolute atomic E-state index is 0.0119. The van der Waals surface area contributed by atoms with Gasteiger partial charge in [-0.05, 0) is 55.6 Å². The van der Waals surface area contributed by atoms with Gasteiger partial charge in [-0.2, -0.15) is 15.2 Å². The second-order valence-corrected chi connectivity index (χ2v) is 14.5. The van der Waals surface area contributed by atoms with Gasteiger partial charge in [0.15, 0.2) is 5.82 Å². The molecule has 0 saturated carbocycles. The molecule has 5 aromatic rings. The lowest BCUT2D eigenvalue weighted by molar-refractivity contribution is -0.118. The summed E-state index contributed by atoms with van der Waals surface area (Å²) >= 11 is 7.72. The van der Waals surface area contributed by atoms with E-state index in [2.05, 4.69) is 14.9 Å². The van der Waals surface area contributed by atoms with E-state index in [9.17, 15) is 18.8 Å². The van der Waals surface area contributed by atoms with Gasteiger partial charge >= 0.3 is 6.01 Å². The second-order valence-electron chi connectivity index (χ2n) is 13.1. The van der Waals surface area contributed by atoms with E-state index in [0.29, 0.717) is 37.4 Å². The summed E-state index contributed by atoms with van der Waals surface area (Å²) in [6.45, 7) is 1.59. The van der Waals surface area contributed by atoms with Crippen molar-refractivity contribution in [2.24, 2.45) is 0 Å². The highest BCUT2D eigenvalue weighted by molar-refractivity contribution is 7.23. The van der Waals surface area contributed by atoms with E-state index in [-0.39, 0.29) is 72.6 Å². The maximum Gasteiger partial charge on any atom is 0.319 e. The van der Waals surface area contributed by atoms with Crippen LogP contribution in [0.3, 0.4) is 0 Å². The minimum Gasteiger partial charge on any atom is -0.461 e. The zero-order valence-corrected chi connectivity index (χ0v) is 29.5. The molecule has 1 amide bonds. The number of nitriles is 1. The smallest absolute Gasteiger partial charge is 0.319 e. The number of aromatic nitrogens is 3. The number of pyridine rings is 1. The summed E-state index contributed by atoms with van der Waals surface area (Å²) in [4.78, 5) is 31.7. The molecule has 0 bridgehead atoms. The van der Waals surface area contributed by atoms with Gasteiger partial charge in [0.25, 0.3) is 0 Å². The molecule has 10 nitrogen and oxygen atoms in total. The summed E-state index contributed by atoms with van der Waals surface area (Å²) in [5, 5.41) is 10.4. The quantitative estimate of drug-likeness (QED) is 0.160. The predicted molar refractivity (Wildman–Crippen MR) is 193 cm³/mol. The Morgan fingerprint density at radius 3 is 2.86 bits per heavy atom. The third kappa shape index (κ3) is 6.28. The molecule has 2 N–H and O–H groups in total. The molecule has 2 saturated heterocycles. The maximum absolute atomic E-state index is 17.0. The molecule has 15 heteroatoms. The average Bonchev–Trinajstić information content (AvgIpc) is 3.77. The van der Waals surface area contributed by atoms with Crippen LogP contribution in [0.4, 0.5) is 29.7 Å². The summed E-state index contributed by atoms with van der Waals surface area (Å²) in [5.74, 6) is -1.21. The van der Waals surface area contributed by atoms with Crippen LogP contribution < -0.4 is 20.3 Å². The highest BCUT2D eigenvalue weighted by Crippen LogP contribution is 2.46. The number of carbonyl (C=O) groups excluding carboxylic acids is 1. The van der Waals surface area contributed by atoms with Crippen molar-refractivity contribution in [2.75, 3.05) is 55.9 Å². The van der Waals surface area contributed by atoms with Gasteiger partial charge in [0.2, 0.25) is 5.91 Å². The van der Waals surface area contributed by atoms with E-state index in [4.69, 9.17) is 27.1 Å². The zero-order chi connectivity index (χ0) is 36.0. The van der Waals surface area contributed by atoms with E-state index < -0.39 is 23.3 Å². The Bertz CT molecular complexity index is 2200. The van der Waals surface area contributed by atoms with Crippen LogP contribution in [0.2, 0.25) is 5.02 Å².